The molecule has 6 nitrogen and oxygen atoms in total. The average Bonchev–Trinajstić information content (AvgIpc) is 3.00. The SMILES string of the molecule is N#Cc1cc(Br)cc(S(=O)(=O)NC[C@@H]2CCn3ccnc3C2)c1. The zero-order valence-electron chi connectivity index (χ0n) is 12.2. The van der Waals surface area contributed by atoms with Gasteiger partial charge in [0.25, 0.3) is 0 Å². The van der Waals surface area contributed by atoms with Gasteiger partial charge in [-0.1, -0.05) is 15.9 Å². The number of sulfonamides is 1. The summed E-state index contributed by atoms with van der Waals surface area (Å²) in [5.74, 6) is 1.22. The molecule has 8 heteroatoms. The summed E-state index contributed by atoms with van der Waals surface area (Å²) in [4.78, 5) is 4.39. The molecule has 120 valence electrons. The van der Waals surface area contributed by atoms with E-state index < -0.39 is 10.0 Å². The third kappa shape index (κ3) is 3.63. The molecule has 1 aromatic heterocycles. The molecule has 1 atom stereocenters. The van der Waals surface area contributed by atoms with Crippen LogP contribution >= 0.6 is 15.9 Å². The summed E-state index contributed by atoms with van der Waals surface area (Å²) >= 11 is 3.23. The number of nitrogens with one attached hydrogen (secondary N) is 1. The molecule has 2 heterocycles. The molecule has 1 aliphatic heterocycles. The second-order valence-corrected chi connectivity index (χ2v) is 8.22. The highest BCUT2D eigenvalue weighted by molar-refractivity contribution is 9.10. The summed E-state index contributed by atoms with van der Waals surface area (Å²) < 4.78 is 30.2. The zero-order chi connectivity index (χ0) is 16.4. The van der Waals surface area contributed by atoms with Crippen molar-refractivity contribution in [2.75, 3.05) is 6.54 Å². The quantitative estimate of drug-likeness (QED) is 0.859. The van der Waals surface area contributed by atoms with E-state index in [0.717, 1.165) is 25.2 Å². The van der Waals surface area contributed by atoms with Gasteiger partial charge in [-0.2, -0.15) is 5.26 Å². The van der Waals surface area contributed by atoms with Crippen LogP contribution in [0.4, 0.5) is 0 Å². The fourth-order valence-corrected chi connectivity index (χ4v) is 4.51. The second kappa shape index (κ2) is 6.43. The van der Waals surface area contributed by atoms with Gasteiger partial charge in [0.15, 0.2) is 0 Å². The predicted molar refractivity (Wildman–Crippen MR) is 88.1 cm³/mol. The molecule has 0 aliphatic carbocycles. The van der Waals surface area contributed by atoms with Crippen molar-refractivity contribution < 1.29 is 8.42 Å². The van der Waals surface area contributed by atoms with E-state index in [2.05, 4.69) is 30.2 Å². The van der Waals surface area contributed by atoms with E-state index >= 15 is 0 Å². The van der Waals surface area contributed by atoms with Crippen LogP contribution in [0.5, 0.6) is 0 Å². The van der Waals surface area contributed by atoms with Gasteiger partial charge in [0.05, 0.1) is 16.5 Å². The van der Waals surface area contributed by atoms with Gasteiger partial charge in [0, 0.05) is 36.4 Å². The number of rotatable bonds is 4. The normalized spacial score (nSPS) is 17.5. The summed E-state index contributed by atoms with van der Waals surface area (Å²) in [6, 6.07) is 6.42. The first-order valence-corrected chi connectivity index (χ1v) is 9.46. The highest BCUT2D eigenvalue weighted by Gasteiger charge is 2.22. The Balaban J connectivity index is 1.70. The number of hydrogen-bond acceptors (Lipinski definition) is 4. The molecule has 0 fully saturated rings. The summed E-state index contributed by atoms with van der Waals surface area (Å²) in [5.41, 5.74) is 0.305. The lowest BCUT2D eigenvalue weighted by atomic mass is 9.98. The standard InChI is InChI=1S/C15H15BrN4O2S/c16-13-5-12(9-17)6-14(8-13)23(21,22)19-10-11-1-3-20-4-2-18-15(20)7-11/h2,4-6,8,11,19H,1,3,7,10H2/t11-/m1/s1. The van der Waals surface area contributed by atoms with E-state index in [1.807, 2.05) is 12.3 Å². The van der Waals surface area contributed by atoms with Gasteiger partial charge in [-0.15, -0.1) is 0 Å². The van der Waals surface area contributed by atoms with Crippen molar-refractivity contribution in [3.05, 3.63) is 46.5 Å². The van der Waals surface area contributed by atoms with E-state index in [1.54, 1.807) is 12.3 Å². The summed E-state index contributed by atoms with van der Waals surface area (Å²) in [5, 5.41) is 8.96. The van der Waals surface area contributed by atoms with Gasteiger partial charge >= 0.3 is 0 Å². The van der Waals surface area contributed by atoms with Crippen LogP contribution in [0.3, 0.4) is 0 Å². The molecule has 0 bridgehead atoms. The summed E-state index contributed by atoms with van der Waals surface area (Å²) in [7, 11) is -3.64. The molecule has 0 saturated heterocycles. The maximum atomic E-state index is 12.4. The monoisotopic (exact) mass is 394 g/mol. The van der Waals surface area contributed by atoms with Gasteiger partial charge in [0.1, 0.15) is 5.82 Å². The van der Waals surface area contributed by atoms with Crippen molar-refractivity contribution in [1.82, 2.24) is 14.3 Å². The van der Waals surface area contributed by atoms with Crippen LogP contribution in [-0.2, 0) is 23.0 Å². The number of nitrogens with zero attached hydrogens (tertiary/aromatic N) is 3. The molecule has 2 aromatic rings. The van der Waals surface area contributed by atoms with Crippen LogP contribution in [0.15, 0.2) is 40.0 Å². The van der Waals surface area contributed by atoms with Gasteiger partial charge in [0.2, 0.25) is 10.0 Å². The Morgan fingerprint density at radius 3 is 3.04 bits per heavy atom. The molecular weight excluding hydrogens is 380 g/mol. The van der Waals surface area contributed by atoms with E-state index in [-0.39, 0.29) is 10.8 Å². The van der Waals surface area contributed by atoms with Crippen molar-refractivity contribution >= 4 is 26.0 Å². The largest absolute Gasteiger partial charge is 0.335 e. The van der Waals surface area contributed by atoms with Crippen LogP contribution in [0, 0.1) is 17.2 Å². The van der Waals surface area contributed by atoms with Crippen LogP contribution in [0.25, 0.3) is 0 Å². The van der Waals surface area contributed by atoms with E-state index in [0.29, 0.717) is 16.6 Å². The predicted octanol–water partition coefficient (Wildman–Crippen LogP) is 2.06. The highest BCUT2D eigenvalue weighted by atomic mass is 79.9. The van der Waals surface area contributed by atoms with Crippen molar-refractivity contribution in [2.24, 2.45) is 5.92 Å². The smallest absolute Gasteiger partial charge is 0.240 e. The second-order valence-electron chi connectivity index (χ2n) is 5.53. The van der Waals surface area contributed by atoms with Crippen molar-refractivity contribution in [1.29, 1.82) is 5.26 Å². The molecule has 1 N–H and O–H groups in total. The molecule has 0 saturated carbocycles. The minimum atomic E-state index is -3.64. The zero-order valence-corrected chi connectivity index (χ0v) is 14.6. The molecule has 1 aromatic carbocycles. The fourth-order valence-electron chi connectivity index (χ4n) is 2.68. The number of imidazole rings is 1. The molecule has 23 heavy (non-hydrogen) atoms. The van der Waals surface area contributed by atoms with Gasteiger partial charge in [-0.05, 0) is 30.5 Å². The van der Waals surface area contributed by atoms with Gasteiger partial charge < -0.3 is 4.57 Å². The lowest BCUT2D eigenvalue weighted by Gasteiger charge is -2.23. The third-order valence-electron chi connectivity index (χ3n) is 3.92. The number of halogens is 1. The average molecular weight is 395 g/mol. The number of nitriles is 1. The summed E-state index contributed by atoms with van der Waals surface area (Å²) in [6.45, 7) is 1.22. The number of aromatic nitrogens is 2. The Morgan fingerprint density at radius 1 is 1.43 bits per heavy atom. The molecule has 0 radical (unpaired) electrons. The Labute approximate surface area is 143 Å². The molecule has 3 rings (SSSR count). The Kier molecular flexibility index (Phi) is 4.53. The minimum Gasteiger partial charge on any atom is -0.335 e. The lowest BCUT2D eigenvalue weighted by molar-refractivity contribution is 0.379. The van der Waals surface area contributed by atoms with E-state index in [9.17, 15) is 8.42 Å². The number of aryl methyl sites for hydroxylation is 1. The topological polar surface area (TPSA) is 87.8 Å². The first kappa shape index (κ1) is 16.2. The Hall–Kier alpha value is -1.69. The molecule has 0 unspecified atom stereocenters. The highest BCUT2D eigenvalue weighted by Crippen LogP contribution is 2.21. The van der Waals surface area contributed by atoms with Gasteiger partial charge in [-0.25, -0.2) is 18.1 Å². The first-order valence-electron chi connectivity index (χ1n) is 7.18. The number of hydrogen-bond donors (Lipinski definition) is 1. The Morgan fingerprint density at radius 2 is 2.26 bits per heavy atom. The van der Waals surface area contributed by atoms with Crippen molar-refractivity contribution in [3.63, 3.8) is 0 Å². The molecule has 1 aliphatic rings. The van der Waals surface area contributed by atoms with Crippen molar-refractivity contribution in [3.8, 4) is 6.07 Å². The van der Waals surface area contributed by atoms with Gasteiger partial charge in [-0.3, -0.25) is 0 Å². The molecule has 0 spiro atoms. The third-order valence-corrected chi connectivity index (χ3v) is 5.78. The van der Waals surface area contributed by atoms with Crippen LogP contribution in [-0.4, -0.2) is 24.5 Å². The summed E-state index contributed by atoms with van der Waals surface area (Å²) in [6.07, 6.45) is 5.39. The van der Waals surface area contributed by atoms with E-state index in [4.69, 9.17) is 5.26 Å². The first-order chi connectivity index (χ1) is 11.0. The number of benzene rings is 1. The molecule has 0 amide bonds. The minimum absolute atomic E-state index is 0.0979. The van der Waals surface area contributed by atoms with Crippen LogP contribution in [0.1, 0.15) is 17.8 Å². The van der Waals surface area contributed by atoms with Crippen molar-refractivity contribution in [2.45, 2.75) is 24.3 Å². The maximum Gasteiger partial charge on any atom is 0.240 e. The van der Waals surface area contributed by atoms with Crippen LogP contribution in [0.2, 0.25) is 0 Å². The fraction of sp³-hybridized carbons (Fsp3) is 0.333. The molecular formula is C15H15BrN4O2S. The Bertz CT molecular complexity index is 870. The lowest BCUT2D eigenvalue weighted by Crippen LogP contribution is -2.33. The maximum absolute atomic E-state index is 12.4. The van der Waals surface area contributed by atoms with Crippen LogP contribution < -0.4 is 4.72 Å². The van der Waals surface area contributed by atoms with E-state index in [1.165, 1.54) is 12.1 Å². The number of fused-ring (bicyclic) bond motifs is 1.